The summed E-state index contributed by atoms with van der Waals surface area (Å²) in [4.78, 5) is 10.6. The van der Waals surface area contributed by atoms with Crippen molar-refractivity contribution in [1.29, 1.82) is 0 Å². The van der Waals surface area contributed by atoms with Crippen molar-refractivity contribution in [3.63, 3.8) is 0 Å². The van der Waals surface area contributed by atoms with E-state index < -0.39 is 15.7 Å². The zero-order chi connectivity index (χ0) is 14.7. The van der Waals surface area contributed by atoms with Crippen LogP contribution in [-0.4, -0.2) is 9.13 Å². The van der Waals surface area contributed by atoms with Gasteiger partial charge in [-0.3, -0.25) is 14.3 Å². The van der Waals surface area contributed by atoms with Crippen molar-refractivity contribution in [1.82, 2.24) is 0 Å². The second kappa shape index (κ2) is 6.15. The summed E-state index contributed by atoms with van der Waals surface area (Å²) in [5.41, 5.74) is 7.19. The molecule has 0 fully saturated rings. The Bertz CT molecular complexity index is 674. The molecule has 0 saturated carbocycles. The van der Waals surface area contributed by atoms with Crippen LogP contribution in [-0.2, 0) is 16.6 Å². The molecule has 0 amide bonds. The van der Waals surface area contributed by atoms with Crippen molar-refractivity contribution in [2.45, 2.75) is 10.6 Å². The lowest BCUT2D eigenvalue weighted by Gasteiger charge is -2.05. The van der Waals surface area contributed by atoms with Crippen LogP contribution in [0.3, 0.4) is 0 Å². The van der Waals surface area contributed by atoms with Crippen LogP contribution in [0, 0.1) is 10.1 Å². The molecule has 104 valence electrons. The molecule has 0 heterocycles. The fraction of sp³-hybridized carbons (Fsp3) is 0.0769. The summed E-state index contributed by atoms with van der Waals surface area (Å²) in [5.74, 6) is 0.315. The topological polar surface area (TPSA) is 86.2 Å². The minimum atomic E-state index is -1.26. The van der Waals surface area contributed by atoms with Gasteiger partial charge in [0.15, 0.2) is 0 Å². The second-order valence-electron chi connectivity index (χ2n) is 4.10. The number of anilines is 1. The largest absolute Gasteiger partial charge is 0.398 e. The second-order valence-corrected chi connectivity index (χ2v) is 6.40. The number of nitrogens with two attached hydrogens (primary N) is 1. The van der Waals surface area contributed by atoms with Gasteiger partial charge >= 0.3 is 0 Å². The van der Waals surface area contributed by atoms with Gasteiger partial charge in [-0.1, -0.05) is 6.07 Å². The van der Waals surface area contributed by atoms with Crippen LogP contribution in [0.5, 0.6) is 0 Å². The number of rotatable bonds is 4. The molecule has 1 atom stereocenters. The number of non-ortho nitro benzene ring substituents is 1. The maximum atomic E-state index is 12.2. The summed E-state index contributed by atoms with van der Waals surface area (Å²) in [6.07, 6.45) is 0. The lowest BCUT2D eigenvalue weighted by molar-refractivity contribution is -0.384. The molecule has 2 aromatic carbocycles. The van der Waals surface area contributed by atoms with Gasteiger partial charge in [-0.15, -0.1) is 0 Å². The predicted octanol–water partition coefficient (Wildman–Crippen LogP) is 3.25. The van der Waals surface area contributed by atoms with E-state index in [1.807, 2.05) is 6.07 Å². The van der Waals surface area contributed by atoms with Crippen LogP contribution in [0.15, 0.2) is 51.8 Å². The molecule has 2 aromatic rings. The van der Waals surface area contributed by atoms with Crippen LogP contribution >= 0.6 is 15.9 Å². The van der Waals surface area contributed by atoms with Gasteiger partial charge in [-0.05, 0) is 45.8 Å². The van der Waals surface area contributed by atoms with Crippen molar-refractivity contribution < 1.29 is 9.13 Å². The molecule has 2 rings (SSSR count). The molecule has 0 aliphatic carbocycles. The molecule has 0 saturated heterocycles. The maximum Gasteiger partial charge on any atom is 0.269 e. The number of nitro benzene ring substituents is 1. The predicted molar refractivity (Wildman–Crippen MR) is 81.8 cm³/mol. The molecule has 5 nitrogen and oxygen atoms in total. The van der Waals surface area contributed by atoms with Crippen LogP contribution in [0.1, 0.15) is 5.56 Å². The van der Waals surface area contributed by atoms with E-state index in [-0.39, 0.29) is 5.69 Å². The molecule has 2 N–H and O–H groups in total. The third kappa shape index (κ3) is 3.43. The van der Waals surface area contributed by atoms with Gasteiger partial charge in [0.05, 0.1) is 21.5 Å². The standard InChI is InChI=1S/C13H11BrN2O3S/c14-12-6-1-9(7-13(12)15)8-20(19)11-4-2-10(3-5-11)16(17)18/h1-7H,8,15H2. The minimum absolute atomic E-state index is 0.0152. The normalized spacial score (nSPS) is 12.1. The van der Waals surface area contributed by atoms with E-state index in [2.05, 4.69) is 15.9 Å². The van der Waals surface area contributed by atoms with E-state index in [1.54, 1.807) is 12.1 Å². The quantitative estimate of drug-likeness (QED) is 0.518. The first kappa shape index (κ1) is 14.7. The van der Waals surface area contributed by atoms with Crippen molar-refractivity contribution in [2.75, 3.05) is 5.73 Å². The van der Waals surface area contributed by atoms with E-state index >= 15 is 0 Å². The van der Waals surface area contributed by atoms with E-state index in [1.165, 1.54) is 24.3 Å². The number of hydrogen-bond acceptors (Lipinski definition) is 4. The third-order valence-corrected chi connectivity index (χ3v) is 4.78. The Labute approximate surface area is 126 Å². The number of hydrogen-bond donors (Lipinski definition) is 1. The van der Waals surface area contributed by atoms with E-state index in [0.717, 1.165) is 10.0 Å². The van der Waals surface area contributed by atoms with Crippen molar-refractivity contribution in [3.8, 4) is 0 Å². The maximum absolute atomic E-state index is 12.2. The van der Waals surface area contributed by atoms with Gasteiger partial charge in [-0.2, -0.15) is 0 Å². The van der Waals surface area contributed by atoms with Crippen LogP contribution < -0.4 is 5.73 Å². The molecule has 0 aromatic heterocycles. The van der Waals surface area contributed by atoms with Gasteiger partial charge in [0, 0.05) is 27.2 Å². The smallest absolute Gasteiger partial charge is 0.269 e. The highest BCUT2D eigenvalue weighted by Gasteiger charge is 2.09. The molecule has 0 aliphatic rings. The van der Waals surface area contributed by atoms with Crippen molar-refractivity contribution in [3.05, 3.63) is 62.6 Å². The fourth-order valence-corrected chi connectivity index (χ4v) is 2.97. The van der Waals surface area contributed by atoms with Gasteiger partial charge in [0.1, 0.15) is 0 Å². The van der Waals surface area contributed by atoms with Gasteiger partial charge in [-0.25, -0.2) is 0 Å². The molecule has 0 spiro atoms. The van der Waals surface area contributed by atoms with Gasteiger partial charge < -0.3 is 5.73 Å². The highest BCUT2D eigenvalue weighted by atomic mass is 79.9. The van der Waals surface area contributed by atoms with Crippen LogP contribution in [0.4, 0.5) is 11.4 Å². The highest BCUT2D eigenvalue weighted by Crippen LogP contribution is 2.22. The highest BCUT2D eigenvalue weighted by molar-refractivity contribution is 9.10. The van der Waals surface area contributed by atoms with Crippen LogP contribution in [0.2, 0.25) is 0 Å². The lowest BCUT2D eigenvalue weighted by atomic mass is 10.2. The summed E-state index contributed by atoms with van der Waals surface area (Å²) in [7, 11) is -1.26. The summed E-state index contributed by atoms with van der Waals surface area (Å²) >= 11 is 3.30. The Morgan fingerprint density at radius 1 is 1.20 bits per heavy atom. The third-order valence-electron chi connectivity index (χ3n) is 2.67. The Morgan fingerprint density at radius 2 is 1.85 bits per heavy atom. The first-order valence-electron chi connectivity index (χ1n) is 5.64. The SMILES string of the molecule is Nc1cc(CS(=O)c2ccc([N+](=O)[O-])cc2)ccc1Br. The molecule has 0 radical (unpaired) electrons. The zero-order valence-electron chi connectivity index (χ0n) is 10.3. The number of nitrogens with zero attached hydrogens (tertiary/aromatic N) is 1. The van der Waals surface area contributed by atoms with Crippen molar-refractivity contribution in [2.24, 2.45) is 0 Å². The van der Waals surface area contributed by atoms with Crippen LogP contribution in [0.25, 0.3) is 0 Å². The average Bonchev–Trinajstić information content (AvgIpc) is 2.43. The number of halogens is 1. The van der Waals surface area contributed by atoms with E-state index in [4.69, 9.17) is 5.73 Å². The number of nitro groups is 1. The molecule has 0 aliphatic heterocycles. The zero-order valence-corrected chi connectivity index (χ0v) is 12.7. The number of benzene rings is 2. The summed E-state index contributed by atoms with van der Waals surface area (Å²) < 4.78 is 13.0. The van der Waals surface area contributed by atoms with Gasteiger partial charge in [0.2, 0.25) is 0 Å². The summed E-state index contributed by atoms with van der Waals surface area (Å²) in [6.45, 7) is 0. The molecule has 1 unspecified atom stereocenters. The van der Waals surface area contributed by atoms with E-state index in [0.29, 0.717) is 16.3 Å². The molecular formula is C13H11BrN2O3S. The monoisotopic (exact) mass is 354 g/mol. The molecule has 7 heteroatoms. The summed E-state index contributed by atoms with van der Waals surface area (Å²) in [5, 5.41) is 10.6. The molecular weight excluding hydrogens is 344 g/mol. The Kier molecular flexibility index (Phi) is 4.51. The lowest BCUT2D eigenvalue weighted by Crippen LogP contribution is -1.98. The number of nitrogen functional groups attached to an aromatic ring is 1. The van der Waals surface area contributed by atoms with E-state index in [9.17, 15) is 14.3 Å². The molecule has 0 bridgehead atoms. The average molecular weight is 355 g/mol. The first-order chi connectivity index (χ1) is 9.47. The van der Waals surface area contributed by atoms with Gasteiger partial charge in [0.25, 0.3) is 5.69 Å². The molecule has 20 heavy (non-hydrogen) atoms. The Hall–Kier alpha value is -1.73. The Morgan fingerprint density at radius 3 is 2.40 bits per heavy atom. The minimum Gasteiger partial charge on any atom is -0.398 e. The summed E-state index contributed by atoms with van der Waals surface area (Å²) in [6, 6.07) is 11.1. The Balaban J connectivity index is 2.15. The first-order valence-corrected chi connectivity index (χ1v) is 7.75. The van der Waals surface area contributed by atoms with Crippen molar-refractivity contribution >= 4 is 38.1 Å². The fourth-order valence-electron chi connectivity index (χ4n) is 1.64.